The molecule has 1 heterocycles. The molecule has 100 valence electrons. The van der Waals surface area contributed by atoms with Crippen molar-refractivity contribution in [1.29, 1.82) is 5.26 Å². The molecule has 2 rings (SSSR count). The summed E-state index contributed by atoms with van der Waals surface area (Å²) < 4.78 is 0. The van der Waals surface area contributed by atoms with Crippen LogP contribution in [0.4, 0.5) is 5.69 Å². The number of anilines is 1. The van der Waals surface area contributed by atoms with Crippen LogP contribution in [0.3, 0.4) is 0 Å². The van der Waals surface area contributed by atoms with E-state index in [1.54, 1.807) is 12.1 Å². The molecule has 1 aliphatic rings. The highest BCUT2D eigenvalue weighted by Crippen LogP contribution is 2.18. The zero-order valence-electron chi connectivity index (χ0n) is 11.0. The Morgan fingerprint density at radius 1 is 1.26 bits per heavy atom. The van der Waals surface area contributed by atoms with Crippen LogP contribution >= 0.6 is 0 Å². The van der Waals surface area contributed by atoms with E-state index in [1.807, 2.05) is 19.1 Å². The Morgan fingerprint density at radius 2 is 1.84 bits per heavy atom. The second-order valence-corrected chi connectivity index (χ2v) is 4.74. The molecule has 1 saturated heterocycles. The summed E-state index contributed by atoms with van der Waals surface area (Å²) in [4.78, 5) is 15.4. The fourth-order valence-electron chi connectivity index (χ4n) is 2.29. The maximum atomic E-state index is 11.0. The summed E-state index contributed by atoms with van der Waals surface area (Å²) in [5.41, 5.74) is 6.84. The predicted molar refractivity (Wildman–Crippen MR) is 73.8 cm³/mol. The first-order valence-electron chi connectivity index (χ1n) is 6.40. The van der Waals surface area contributed by atoms with E-state index in [1.165, 1.54) is 0 Å². The van der Waals surface area contributed by atoms with Crippen LogP contribution in [0.1, 0.15) is 17.3 Å². The number of carbonyl (C=O) groups is 1. The minimum Gasteiger partial charge on any atom is -0.369 e. The van der Waals surface area contributed by atoms with E-state index in [4.69, 9.17) is 11.0 Å². The van der Waals surface area contributed by atoms with Crippen molar-refractivity contribution in [1.82, 2.24) is 4.90 Å². The van der Waals surface area contributed by atoms with Gasteiger partial charge in [-0.15, -0.1) is 0 Å². The lowest BCUT2D eigenvalue weighted by atomic mass is 10.1. The molecule has 19 heavy (non-hydrogen) atoms. The summed E-state index contributed by atoms with van der Waals surface area (Å²) >= 11 is 0. The summed E-state index contributed by atoms with van der Waals surface area (Å²) in [5.74, 6) is -0.404. The molecule has 1 amide bonds. The molecule has 0 unspecified atom stereocenters. The first-order chi connectivity index (χ1) is 9.11. The number of hydrogen-bond acceptors (Lipinski definition) is 4. The molecule has 0 bridgehead atoms. The standard InChI is InChI=1S/C14H18N4O/c1-11(10-15)17-6-8-18(9-7-17)13-4-2-12(3-5-13)14(16)19/h2-5,11H,6-9H2,1H3,(H2,16,19)/t11-/m1/s1. The van der Waals surface area contributed by atoms with E-state index < -0.39 is 5.91 Å². The lowest BCUT2D eigenvalue weighted by Gasteiger charge is -2.37. The Labute approximate surface area is 113 Å². The van der Waals surface area contributed by atoms with Crippen LogP contribution in [-0.4, -0.2) is 43.0 Å². The van der Waals surface area contributed by atoms with E-state index >= 15 is 0 Å². The first-order valence-corrected chi connectivity index (χ1v) is 6.40. The minimum absolute atomic E-state index is 0.0283. The average molecular weight is 258 g/mol. The van der Waals surface area contributed by atoms with Gasteiger partial charge in [-0.1, -0.05) is 0 Å². The molecule has 1 atom stereocenters. The number of primary amides is 1. The quantitative estimate of drug-likeness (QED) is 0.871. The number of benzene rings is 1. The van der Waals surface area contributed by atoms with E-state index in [9.17, 15) is 4.79 Å². The third kappa shape index (κ3) is 3.04. The molecule has 0 spiro atoms. The molecule has 1 aliphatic heterocycles. The van der Waals surface area contributed by atoms with Crippen LogP contribution in [-0.2, 0) is 0 Å². The smallest absolute Gasteiger partial charge is 0.248 e. The molecule has 5 heteroatoms. The minimum atomic E-state index is -0.404. The Kier molecular flexibility index (Phi) is 4.03. The zero-order valence-corrected chi connectivity index (χ0v) is 11.0. The third-order valence-corrected chi connectivity index (χ3v) is 3.57. The van der Waals surface area contributed by atoms with Gasteiger partial charge in [-0.2, -0.15) is 5.26 Å². The van der Waals surface area contributed by atoms with Gasteiger partial charge in [0.05, 0.1) is 12.1 Å². The van der Waals surface area contributed by atoms with E-state index in [0.717, 1.165) is 31.9 Å². The Bertz CT molecular complexity index is 483. The first kappa shape index (κ1) is 13.4. The Balaban J connectivity index is 1.98. The molecule has 2 N–H and O–H groups in total. The number of carbonyl (C=O) groups excluding carboxylic acids is 1. The summed E-state index contributed by atoms with van der Waals surface area (Å²) in [6, 6.07) is 9.58. The second kappa shape index (κ2) is 5.72. The van der Waals surface area contributed by atoms with Crippen molar-refractivity contribution in [3.05, 3.63) is 29.8 Å². The Hall–Kier alpha value is -2.06. The molecule has 0 saturated carbocycles. The van der Waals surface area contributed by atoms with Crippen molar-refractivity contribution in [2.45, 2.75) is 13.0 Å². The lowest BCUT2D eigenvalue weighted by molar-refractivity contribution is 0.100. The molecule has 5 nitrogen and oxygen atoms in total. The summed E-state index contributed by atoms with van der Waals surface area (Å²) in [5, 5.41) is 8.90. The molecule has 0 radical (unpaired) electrons. The van der Waals surface area contributed by atoms with Crippen molar-refractivity contribution in [2.75, 3.05) is 31.1 Å². The van der Waals surface area contributed by atoms with Crippen molar-refractivity contribution >= 4 is 11.6 Å². The topological polar surface area (TPSA) is 73.4 Å². The average Bonchev–Trinajstić information content (AvgIpc) is 2.46. The predicted octanol–water partition coefficient (Wildman–Crippen LogP) is 0.820. The van der Waals surface area contributed by atoms with Gasteiger partial charge in [0.15, 0.2) is 0 Å². The Morgan fingerprint density at radius 3 is 2.32 bits per heavy atom. The summed E-state index contributed by atoms with van der Waals surface area (Å²) in [6.45, 7) is 5.47. The fraction of sp³-hybridized carbons (Fsp3) is 0.429. The van der Waals surface area contributed by atoms with Crippen LogP contribution in [0.5, 0.6) is 0 Å². The highest BCUT2D eigenvalue weighted by molar-refractivity contribution is 5.93. The molecule has 1 aromatic rings. The van der Waals surface area contributed by atoms with Gasteiger partial charge in [0, 0.05) is 37.4 Å². The highest BCUT2D eigenvalue weighted by atomic mass is 16.1. The van der Waals surface area contributed by atoms with E-state index in [2.05, 4.69) is 15.9 Å². The van der Waals surface area contributed by atoms with Crippen molar-refractivity contribution in [3.8, 4) is 6.07 Å². The van der Waals surface area contributed by atoms with Gasteiger partial charge < -0.3 is 10.6 Å². The normalized spacial score (nSPS) is 17.8. The number of nitrogens with two attached hydrogens (primary N) is 1. The van der Waals surface area contributed by atoms with Crippen molar-refractivity contribution in [3.63, 3.8) is 0 Å². The van der Waals surface area contributed by atoms with Crippen LogP contribution in [0, 0.1) is 11.3 Å². The van der Waals surface area contributed by atoms with Crippen LogP contribution in [0.2, 0.25) is 0 Å². The number of amides is 1. The number of rotatable bonds is 3. The largest absolute Gasteiger partial charge is 0.369 e. The van der Waals surface area contributed by atoms with Gasteiger partial charge in [0.2, 0.25) is 5.91 Å². The second-order valence-electron chi connectivity index (χ2n) is 4.74. The third-order valence-electron chi connectivity index (χ3n) is 3.57. The van der Waals surface area contributed by atoms with Gasteiger partial charge in [-0.3, -0.25) is 9.69 Å². The van der Waals surface area contributed by atoms with E-state index in [0.29, 0.717) is 5.56 Å². The molecular formula is C14H18N4O. The number of nitrogens with zero attached hydrogens (tertiary/aromatic N) is 3. The van der Waals surface area contributed by atoms with Crippen LogP contribution < -0.4 is 10.6 Å². The summed E-state index contributed by atoms with van der Waals surface area (Å²) in [6.07, 6.45) is 0. The maximum absolute atomic E-state index is 11.0. The molecule has 0 aromatic heterocycles. The SMILES string of the molecule is C[C@H](C#N)N1CCN(c2ccc(C(N)=O)cc2)CC1. The number of hydrogen-bond donors (Lipinski definition) is 1. The van der Waals surface area contributed by atoms with Gasteiger partial charge in [-0.05, 0) is 31.2 Å². The van der Waals surface area contributed by atoms with Gasteiger partial charge in [0.25, 0.3) is 0 Å². The molecular weight excluding hydrogens is 240 g/mol. The maximum Gasteiger partial charge on any atom is 0.248 e. The van der Waals surface area contributed by atoms with Crippen LogP contribution in [0.25, 0.3) is 0 Å². The molecule has 1 fully saturated rings. The van der Waals surface area contributed by atoms with Crippen molar-refractivity contribution in [2.24, 2.45) is 5.73 Å². The zero-order chi connectivity index (χ0) is 13.8. The van der Waals surface area contributed by atoms with Crippen molar-refractivity contribution < 1.29 is 4.79 Å². The number of nitriles is 1. The van der Waals surface area contributed by atoms with Crippen LogP contribution in [0.15, 0.2) is 24.3 Å². The highest BCUT2D eigenvalue weighted by Gasteiger charge is 2.20. The van der Waals surface area contributed by atoms with E-state index in [-0.39, 0.29) is 6.04 Å². The van der Waals surface area contributed by atoms with Gasteiger partial charge in [-0.25, -0.2) is 0 Å². The lowest BCUT2D eigenvalue weighted by Crippen LogP contribution is -2.49. The van der Waals surface area contributed by atoms with Gasteiger partial charge in [0.1, 0.15) is 0 Å². The monoisotopic (exact) mass is 258 g/mol. The number of piperazine rings is 1. The fourth-order valence-corrected chi connectivity index (χ4v) is 2.29. The van der Waals surface area contributed by atoms with Gasteiger partial charge >= 0.3 is 0 Å². The summed E-state index contributed by atoms with van der Waals surface area (Å²) in [7, 11) is 0. The molecule has 0 aliphatic carbocycles. The molecule has 1 aromatic carbocycles.